The van der Waals surface area contributed by atoms with Crippen molar-refractivity contribution in [1.82, 2.24) is 15.1 Å². The lowest BCUT2D eigenvalue weighted by molar-refractivity contribution is -0.385. The number of benzene rings is 1. The molecule has 24 heavy (non-hydrogen) atoms. The molecule has 1 aromatic carbocycles. The van der Waals surface area contributed by atoms with Crippen molar-refractivity contribution in [3.8, 4) is 0 Å². The molecule has 0 saturated carbocycles. The lowest BCUT2D eigenvalue weighted by Crippen LogP contribution is -2.31. The van der Waals surface area contributed by atoms with Gasteiger partial charge in [-0.15, -0.1) is 0 Å². The largest absolute Gasteiger partial charge is 0.349 e. The molecule has 7 nitrogen and oxygen atoms in total. The molecule has 0 saturated heterocycles. The number of carbonyl (C=O) groups excluding carboxylic acids is 1. The second kappa shape index (κ2) is 6.43. The molecule has 0 bridgehead atoms. The second-order valence-electron chi connectivity index (χ2n) is 6.40. The topological polar surface area (TPSA) is 90.1 Å². The van der Waals surface area contributed by atoms with Crippen LogP contribution in [0.3, 0.4) is 0 Å². The summed E-state index contributed by atoms with van der Waals surface area (Å²) < 4.78 is 1.42. The lowest BCUT2D eigenvalue weighted by Gasteiger charge is -2.19. The van der Waals surface area contributed by atoms with Gasteiger partial charge in [0, 0.05) is 13.0 Å². The zero-order valence-corrected chi connectivity index (χ0v) is 13.7. The van der Waals surface area contributed by atoms with Crippen LogP contribution < -0.4 is 5.32 Å². The van der Waals surface area contributed by atoms with Gasteiger partial charge in [-0.05, 0) is 30.4 Å². The Morgan fingerprint density at radius 2 is 2.29 bits per heavy atom. The lowest BCUT2D eigenvalue weighted by atomic mass is 10.0. The van der Waals surface area contributed by atoms with Crippen LogP contribution in [0.15, 0.2) is 30.6 Å². The fraction of sp³-hybridized carbons (Fsp3) is 0.412. The molecule has 0 radical (unpaired) electrons. The van der Waals surface area contributed by atoms with E-state index >= 15 is 0 Å². The maximum absolute atomic E-state index is 12.3. The molecule has 1 aliphatic rings. The van der Waals surface area contributed by atoms with E-state index in [0.29, 0.717) is 12.5 Å². The summed E-state index contributed by atoms with van der Waals surface area (Å²) in [6.07, 6.45) is 3.73. The Bertz CT molecular complexity index is 784. The van der Waals surface area contributed by atoms with Crippen molar-refractivity contribution in [2.75, 3.05) is 0 Å². The minimum Gasteiger partial charge on any atom is -0.349 e. The average Bonchev–Trinajstić information content (AvgIpc) is 3.11. The SMILES string of the molecule is Cc1ccc2c(c1)[C@@H](NC(=O)CCn1cc([N+](=O)[O-])cn1)[C@@H](C)C2. The Morgan fingerprint density at radius 3 is 3.00 bits per heavy atom. The maximum Gasteiger partial charge on any atom is 0.306 e. The first-order valence-electron chi connectivity index (χ1n) is 7.99. The average molecular weight is 328 g/mol. The van der Waals surface area contributed by atoms with Gasteiger partial charge in [-0.1, -0.05) is 30.7 Å². The van der Waals surface area contributed by atoms with Crippen LogP contribution in [0.25, 0.3) is 0 Å². The van der Waals surface area contributed by atoms with Crippen molar-refractivity contribution in [2.45, 2.75) is 39.3 Å². The van der Waals surface area contributed by atoms with Crippen molar-refractivity contribution < 1.29 is 9.72 Å². The van der Waals surface area contributed by atoms with Crippen LogP contribution in [-0.2, 0) is 17.8 Å². The monoisotopic (exact) mass is 328 g/mol. The summed E-state index contributed by atoms with van der Waals surface area (Å²) in [4.78, 5) is 22.4. The van der Waals surface area contributed by atoms with Crippen LogP contribution in [0.2, 0.25) is 0 Å². The smallest absolute Gasteiger partial charge is 0.306 e. The highest BCUT2D eigenvalue weighted by Gasteiger charge is 2.30. The van der Waals surface area contributed by atoms with E-state index < -0.39 is 4.92 Å². The number of nitro groups is 1. The van der Waals surface area contributed by atoms with Gasteiger partial charge in [0.1, 0.15) is 12.4 Å². The van der Waals surface area contributed by atoms with E-state index in [1.165, 1.54) is 33.8 Å². The van der Waals surface area contributed by atoms with Gasteiger partial charge in [0.15, 0.2) is 0 Å². The van der Waals surface area contributed by atoms with Crippen LogP contribution in [0.4, 0.5) is 5.69 Å². The number of aromatic nitrogens is 2. The van der Waals surface area contributed by atoms with Gasteiger partial charge in [-0.3, -0.25) is 19.6 Å². The number of hydrogen-bond donors (Lipinski definition) is 1. The fourth-order valence-corrected chi connectivity index (χ4v) is 3.21. The molecule has 1 aromatic heterocycles. The van der Waals surface area contributed by atoms with E-state index in [-0.39, 0.29) is 24.1 Å². The van der Waals surface area contributed by atoms with Gasteiger partial charge in [0.25, 0.3) is 0 Å². The first kappa shape index (κ1) is 16.2. The Labute approximate surface area is 139 Å². The van der Waals surface area contributed by atoms with Gasteiger partial charge in [0.2, 0.25) is 5.91 Å². The number of fused-ring (bicyclic) bond motifs is 1. The van der Waals surface area contributed by atoms with Crippen LogP contribution in [0.1, 0.15) is 36.1 Å². The Morgan fingerprint density at radius 1 is 1.50 bits per heavy atom. The van der Waals surface area contributed by atoms with E-state index in [0.717, 1.165) is 6.42 Å². The van der Waals surface area contributed by atoms with E-state index in [4.69, 9.17) is 0 Å². The predicted molar refractivity (Wildman–Crippen MR) is 88.4 cm³/mol. The fourth-order valence-electron chi connectivity index (χ4n) is 3.21. The summed E-state index contributed by atoms with van der Waals surface area (Å²) in [5.41, 5.74) is 3.61. The third kappa shape index (κ3) is 3.29. The molecule has 7 heteroatoms. The molecule has 2 aromatic rings. The molecule has 1 heterocycles. The van der Waals surface area contributed by atoms with E-state index in [1.807, 2.05) is 6.92 Å². The zero-order chi connectivity index (χ0) is 17.3. The number of rotatable bonds is 5. The summed E-state index contributed by atoms with van der Waals surface area (Å²) in [7, 11) is 0. The molecule has 0 unspecified atom stereocenters. The van der Waals surface area contributed by atoms with Crippen LogP contribution >= 0.6 is 0 Å². The van der Waals surface area contributed by atoms with Crippen molar-refractivity contribution >= 4 is 11.6 Å². The molecule has 0 spiro atoms. The van der Waals surface area contributed by atoms with Gasteiger partial charge in [0.05, 0.1) is 11.0 Å². The van der Waals surface area contributed by atoms with Gasteiger partial charge >= 0.3 is 5.69 Å². The minimum atomic E-state index is -0.497. The second-order valence-corrected chi connectivity index (χ2v) is 6.40. The summed E-state index contributed by atoms with van der Waals surface area (Å²) in [6.45, 7) is 4.51. The highest BCUT2D eigenvalue weighted by molar-refractivity contribution is 5.76. The summed E-state index contributed by atoms with van der Waals surface area (Å²) in [6, 6.07) is 6.40. The van der Waals surface area contributed by atoms with Crippen LogP contribution in [0, 0.1) is 23.0 Å². The molecule has 0 fully saturated rings. The number of amides is 1. The van der Waals surface area contributed by atoms with Crippen LogP contribution in [0.5, 0.6) is 0 Å². The zero-order valence-electron chi connectivity index (χ0n) is 13.7. The summed E-state index contributed by atoms with van der Waals surface area (Å²) >= 11 is 0. The third-order valence-electron chi connectivity index (χ3n) is 4.46. The van der Waals surface area contributed by atoms with Gasteiger partial charge in [-0.25, -0.2) is 0 Å². The summed E-state index contributed by atoms with van der Waals surface area (Å²) in [5.74, 6) is 0.288. The number of nitrogens with zero attached hydrogens (tertiary/aromatic N) is 3. The highest BCUT2D eigenvalue weighted by Crippen LogP contribution is 2.36. The Hall–Kier alpha value is -2.70. The molecule has 3 rings (SSSR count). The van der Waals surface area contributed by atoms with Crippen molar-refractivity contribution in [1.29, 1.82) is 0 Å². The highest BCUT2D eigenvalue weighted by atomic mass is 16.6. The van der Waals surface area contributed by atoms with Gasteiger partial charge < -0.3 is 5.32 Å². The van der Waals surface area contributed by atoms with Crippen molar-refractivity contribution in [3.63, 3.8) is 0 Å². The third-order valence-corrected chi connectivity index (χ3v) is 4.46. The predicted octanol–water partition coefficient (Wildman–Crippen LogP) is 2.54. The standard InChI is InChI=1S/C17H20N4O3/c1-11-3-4-13-8-12(2)17(15(13)7-11)19-16(22)5-6-20-10-14(9-18-20)21(23)24/h3-4,7,9-10,12,17H,5-6,8H2,1-2H3,(H,19,22)/t12-,17-/m0/s1. The van der Waals surface area contributed by atoms with Crippen molar-refractivity contribution in [3.05, 3.63) is 57.4 Å². The molecule has 126 valence electrons. The summed E-state index contributed by atoms with van der Waals surface area (Å²) in [5, 5.41) is 17.6. The molecule has 0 aliphatic heterocycles. The molecule has 2 atom stereocenters. The number of aryl methyl sites for hydroxylation is 2. The molecular formula is C17H20N4O3. The number of nitrogens with one attached hydrogen (secondary N) is 1. The van der Waals surface area contributed by atoms with Crippen molar-refractivity contribution in [2.24, 2.45) is 5.92 Å². The molecule has 1 aliphatic carbocycles. The number of hydrogen-bond acceptors (Lipinski definition) is 4. The first-order valence-corrected chi connectivity index (χ1v) is 7.99. The maximum atomic E-state index is 12.3. The number of carbonyl (C=O) groups is 1. The van der Waals surface area contributed by atoms with E-state index in [1.54, 1.807) is 0 Å². The quantitative estimate of drug-likeness (QED) is 0.674. The molecule has 1 N–H and O–H groups in total. The Kier molecular flexibility index (Phi) is 4.33. The molecular weight excluding hydrogens is 308 g/mol. The Balaban J connectivity index is 1.61. The first-order chi connectivity index (χ1) is 11.4. The van der Waals surface area contributed by atoms with Gasteiger partial charge in [-0.2, -0.15) is 5.10 Å². The van der Waals surface area contributed by atoms with E-state index in [2.05, 4.69) is 35.5 Å². The minimum absolute atomic E-state index is 0.0272. The van der Waals surface area contributed by atoms with Crippen LogP contribution in [-0.4, -0.2) is 20.6 Å². The molecule has 1 amide bonds. The van der Waals surface area contributed by atoms with E-state index in [9.17, 15) is 14.9 Å². The normalized spacial score (nSPS) is 19.1.